The smallest absolute Gasteiger partial charge is 0.0641 e. The number of hydrogen-bond donors (Lipinski definition) is 1. The summed E-state index contributed by atoms with van der Waals surface area (Å²) in [5, 5.41) is 3.52. The van der Waals surface area contributed by atoms with Crippen molar-refractivity contribution in [2.24, 2.45) is 0 Å². The number of benzene rings is 1. The molecule has 0 aliphatic heterocycles. The number of likely N-dealkylation sites (N-methyl/N-ethyl adjacent to an activating group) is 1. The summed E-state index contributed by atoms with van der Waals surface area (Å²) >= 11 is 3.71. The van der Waals surface area contributed by atoms with E-state index >= 15 is 0 Å². The van der Waals surface area contributed by atoms with Crippen molar-refractivity contribution >= 4 is 21.6 Å². The molecule has 21 heavy (non-hydrogen) atoms. The summed E-state index contributed by atoms with van der Waals surface area (Å²) in [6.45, 7) is 15.1. The molecule has 1 aromatic rings. The van der Waals surface area contributed by atoms with Crippen molar-refractivity contribution in [2.45, 2.75) is 46.7 Å². The third kappa shape index (κ3) is 6.81. The van der Waals surface area contributed by atoms with Crippen molar-refractivity contribution in [3.63, 3.8) is 0 Å². The number of nitrogens with one attached hydrogen (secondary N) is 1. The monoisotopic (exact) mass is 356 g/mol. The zero-order valence-corrected chi connectivity index (χ0v) is 15.6. The average molecular weight is 357 g/mol. The molecule has 0 heterocycles. The van der Waals surface area contributed by atoms with Crippen LogP contribution in [0.5, 0.6) is 0 Å². The van der Waals surface area contributed by atoms with Crippen LogP contribution in [0.2, 0.25) is 0 Å². The zero-order valence-electron chi connectivity index (χ0n) is 14.0. The maximum absolute atomic E-state index is 5.46. The minimum atomic E-state index is 0.137. The molecule has 0 aromatic heterocycles. The average Bonchev–Trinajstić information content (AvgIpc) is 2.42. The number of halogens is 1. The number of hydrogen-bond acceptors (Lipinski definition) is 3. The van der Waals surface area contributed by atoms with Crippen molar-refractivity contribution in [1.29, 1.82) is 0 Å². The van der Waals surface area contributed by atoms with Gasteiger partial charge in [0.05, 0.1) is 12.3 Å². The first-order valence-electron chi connectivity index (χ1n) is 7.73. The Morgan fingerprint density at radius 3 is 2.48 bits per heavy atom. The Balaban J connectivity index is 2.71. The Bertz CT molecular complexity index is 429. The third-order valence-corrected chi connectivity index (χ3v) is 3.90. The summed E-state index contributed by atoms with van der Waals surface area (Å²) in [7, 11) is 0. The fraction of sp³-hybridized carbons (Fsp3) is 0.647. The standard InChI is InChI=1S/C17H29BrN2O/c1-6-20(10-11-21-7-2)16-9-8-14(12-15(16)18)13-19-17(3,4)5/h8-9,12,19H,6-7,10-11,13H2,1-5H3. The number of anilines is 1. The molecular weight excluding hydrogens is 328 g/mol. The largest absolute Gasteiger partial charge is 0.380 e. The van der Waals surface area contributed by atoms with Gasteiger partial charge >= 0.3 is 0 Å². The van der Waals surface area contributed by atoms with Crippen LogP contribution in [-0.2, 0) is 11.3 Å². The highest BCUT2D eigenvalue weighted by Gasteiger charge is 2.11. The quantitative estimate of drug-likeness (QED) is 0.706. The highest BCUT2D eigenvalue weighted by molar-refractivity contribution is 9.10. The maximum atomic E-state index is 5.46. The summed E-state index contributed by atoms with van der Waals surface area (Å²) in [5.41, 5.74) is 2.66. The summed E-state index contributed by atoms with van der Waals surface area (Å²) in [6.07, 6.45) is 0. The van der Waals surface area contributed by atoms with E-state index in [9.17, 15) is 0 Å². The van der Waals surface area contributed by atoms with E-state index in [4.69, 9.17) is 4.74 Å². The molecule has 120 valence electrons. The fourth-order valence-electron chi connectivity index (χ4n) is 2.05. The van der Waals surface area contributed by atoms with Crippen molar-refractivity contribution in [2.75, 3.05) is 31.2 Å². The lowest BCUT2D eigenvalue weighted by molar-refractivity contribution is 0.154. The lowest BCUT2D eigenvalue weighted by atomic mass is 10.1. The normalized spacial score (nSPS) is 11.7. The van der Waals surface area contributed by atoms with E-state index in [1.807, 2.05) is 6.92 Å². The van der Waals surface area contributed by atoms with E-state index in [0.717, 1.165) is 37.3 Å². The zero-order chi connectivity index (χ0) is 15.9. The number of ether oxygens (including phenoxy) is 1. The summed E-state index contributed by atoms with van der Waals surface area (Å²) in [6, 6.07) is 6.60. The predicted molar refractivity (Wildman–Crippen MR) is 95.1 cm³/mol. The first-order chi connectivity index (χ1) is 9.87. The lowest BCUT2D eigenvalue weighted by Gasteiger charge is -2.25. The van der Waals surface area contributed by atoms with E-state index in [1.54, 1.807) is 0 Å². The molecule has 0 fully saturated rings. The van der Waals surface area contributed by atoms with Gasteiger partial charge in [0, 0.05) is 36.3 Å². The summed E-state index contributed by atoms with van der Waals surface area (Å²) in [5.74, 6) is 0. The van der Waals surface area contributed by atoms with Gasteiger partial charge in [-0.2, -0.15) is 0 Å². The SMILES string of the molecule is CCOCCN(CC)c1ccc(CNC(C)(C)C)cc1Br. The van der Waals surface area contributed by atoms with Gasteiger partial charge in [-0.1, -0.05) is 6.07 Å². The molecule has 0 spiro atoms. The Hall–Kier alpha value is -0.580. The van der Waals surface area contributed by atoms with Gasteiger partial charge in [0.15, 0.2) is 0 Å². The third-order valence-electron chi connectivity index (χ3n) is 3.27. The van der Waals surface area contributed by atoms with Crippen LogP contribution in [0.15, 0.2) is 22.7 Å². The van der Waals surface area contributed by atoms with Gasteiger partial charge in [-0.15, -0.1) is 0 Å². The van der Waals surface area contributed by atoms with Crippen LogP contribution in [0.25, 0.3) is 0 Å². The highest BCUT2D eigenvalue weighted by Crippen LogP contribution is 2.27. The molecule has 1 N–H and O–H groups in total. The van der Waals surface area contributed by atoms with Crippen molar-refractivity contribution in [3.05, 3.63) is 28.2 Å². The van der Waals surface area contributed by atoms with Crippen molar-refractivity contribution in [3.8, 4) is 0 Å². The predicted octanol–water partition coefficient (Wildman–Crippen LogP) is 4.20. The van der Waals surface area contributed by atoms with Crippen LogP contribution in [0.3, 0.4) is 0 Å². The van der Waals surface area contributed by atoms with Gasteiger partial charge in [-0.25, -0.2) is 0 Å². The van der Waals surface area contributed by atoms with Crippen LogP contribution in [0.4, 0.5) is 5.69 Å². The molecule has 0 saturated heterocycles. The van der Waals surface area contributed by atoms with E-state index in [-0.39, 0.29) is 5.54 Å². The van der Waals surface area contributed by atoms with Crippen LogP contribution in [0.1, 0.15) is 40.2 Å². The van der Waals surface area contributed by atoms with Gasteiger partial charge in [-0.05, 0) is 68.2 Å². The van der Waals surface area contributed by atoms with Gasteiger partial charge in [-0.3, -0.25) is 0 Å². The Kier molecular flexibility index (Phi) is 7.71. The molecule has 0 aliphatic rings. The molecule has 0 saturated carbocycles. The van der Waals surface area contributed by atoms with Crippen molar-refractivity contribution < 1.29 is 4.74 Å². The fourth-order valence-corrected chi connectivity index (χ4v) is 2.73. The van der Waals surface area contributed by atoms with Crippen LogP contribution in [-0.4, -0.2) is 31.8 Å². The summed E-state index contributed by atoms with van der Waals surface area (Å²) in [4.78, 5) is 2.33. The number of nitrogens with zero attached hydrogens (tertiary/aromatic N) is 1. The molecule has 4 heteroatoms. The number of rotatable bonds is 8. The molecule has 0 radical (unpaired) electrons. The molecule has 0 unspecified atom stereocenters. The molecular formula is C17H29BrN2O. The second-order valence-corrected chi connectivity index (χ2v) is 7.02. The Morgan fingerprint density at radius 1 is 1.24 bits per heavy atom. The van der Waals surface area contributed by atoms with Crippen LogP contribution in [0, 0.1) is 0 Å². The maximum Gasteiger partial charge on any atom is 0.0641 e. The van der Waals surface area contributed by atoms with Gasteiger partial charge in [0.1, 0.15) is 0 Å². The molecule has 1 rings (SSSR count). The highest BCUT2D eigenvalue weighted by atomic mass is 79.9. The molecule has 1 aromatic carbocycles. The molecule has 0 amide bonds. The van der Waals surface area contributed by atoms with E-state index in [1.165, 1.54) is 11.3 Å². The van der Waals surface area contributed by atoms with Gasteiger partial charge < -0.3 is 15.0 Å². The minimum Gasteiger partial charge on any atom is -0.380 e. The topological polar surface area (TPSA) is 24.5 Å². The first-order valence-corrected chi connectivity index (χ1v) is 8.52. The molecule has 0 bridgehead atoms. The molecule has 0 atom stereocenters. The second-order valence-electron chi connectivity index (χ2n) is 6.17. The van der Waals surface area contributed by atoms with Gasteiger partial charge in [0.25, 0.3) is 0 Å². The van der Waals surface area contributed by atoms with E-state index < -0.39 is 0 Å². The van der Waals surface area contributed by atoms with Crippen LogP contribution >= 0.6 is 15.9 Å². The van der Waals surface area contributed by atoms with Gasteiger partial charge in [0.2, 0.25) is 0 Å². The second kappa shape index (κ2) is 8.76. The van der Waals surface area contributed by atoms with Crippen molar-refractivity contribution in [1.82, 2.24) is 5.32 Å². The first kappa shape index (κ1) is 18.5. The van der Waals surface area contributed by atoms with E-state index in [0.29, 0.717) is 0 Å². The van der Waals surface area contributed by atoms with E-state index in [2.05, 4.69) is 72.0 Å². The Morgan fingerprint density at radius 2 is 1.95 bits per heavy atom. The lowest BCUT2D eigenvalue weighted by Crippen LogP contribution is -2.35. The van der Waals surface area contributed by atoms with Crippen LogP contribution < -0.4 is 10.2 Å². The summed E-state index contributed by atoms with van der Waals surface area (Å²) < 4.78 is 6.61. The molecule has 0 aliphatic carbocycles. The Labute approximate surface area is 138 Å². The minimum absolute atomic E-state index is 0.137. The molecule has 3 nitrogen and oxygen atoms in total.